The molecule has 0 radical (unpaired) electrons. The van der Waals surface area contributed by atoms with E-state index in [1.54, 1.807) is 6.07 Å². The first-order valence-electron chi connectivity index (χ1n) is 11.5. The number of carbonyl (C=O) groups is 1. The summed E-state index contributed by atoms with van der Waals surface area (Å²) in [6.45, 7) is 5.96. The third-order valence-electron chi connectivity index (χ3n) is 6.28. The zero-order valence-electron chi connectivity index (χ0n) is 20.0. The summed E-state index contributed by atoms with van der Waals surface area (Å²) in [5.74, 6) is -0.220. The summed E-state index contributed by atoms with van der Waals surface area (Å²) in [5, 5.41) is 14.8. The first-order chi connectivity index (χ1) is 16.6. The smallest absolute Gasteiger partial charge is 0.251 e. The van der Waals surface area contributed by atoms with Crippen LogP contribution in [-0.4, -0.2) is 76.6 Å². The van der Waals surface area contributed by atoms with Crippen LogP contribution in [0.2, 0.25) is 5.02 Å². The highest BCUT2D eigenvalue weighted by Gasteiger charge is 2.27. The molecule has 0 saturated carbocycles. The third-order valence-corrected chi connectivity index (χ3v) is 8.27. The number of nitrogens with zero attached hydrogens (tertiary/aromatic N) is 5. The molecule has 1 fully saturated rings. The number of hydrogen-bond donors (Lipinski definition) is 1. The number of benzene rings is 2. The summed E-state index contributed by atoms with van der Waals surface area (Å²) in [4.78, 5) is 15.4. The molecule has 1 N–H and O–H groups in total. The van der Waals surface area contributed by atoms with Gasteiger partial charge in [0.25, 0.3) is 5.91 Å². The highest BCUT2D eigenvalue weighted by molar-refractivity contribution is 7.91. The fraction of sp³-hybridized carbons (Fsp3) is 0.417. The lowest BCUT2D eigenvalue weighted by molar-refractivity contribution is 0.0926. The van der Waals surface area contributed by atoms with Gasteiger partial charge in [-0.1, -0.05) is 23.7 Å². The Labute approximate surface area is 210 Å². The Kier molecular flexibility index (Phi) is 7.53. The van der Waals surface area contributed by atoms with Crippen LogP contribution in [0.5, 0.6) is 0 Å². The van der Waals surface area contributed by atoms with Gasteiger partial charge in [-0.15, -0.1) is 5.10 Å². The molecule has 1 amide bonds. The number of nitrogens with one attached hydrogen (secondary N) is 1. The lowest BCUT2D eigenvalue weighted by atomic mass is 10.00. The summed E-state index contributed by atoms with van der Waals surface area (Å²) < 4.78 is 25.1. The van der Waals surface area contributed by atoms with Gasteiger partial charge in [-0.05, 0) is 85.6 Å². The topological polar surface area (TPSA) is 110 Å². The van der Waals surface area contributed by atoms with E-state index in [4.69, 9.17) is 11.6 Å². The van der Waals surface area contributed by atoms with Gasteiger partial charge in [0.15, 0.2) is 0 Å². The minimum absolute atomic E-state index is 0.125. The van der Waals surface area contributed by atoms with Gasteiger partial charge in [0, 0.05) is 35.0 Å². The molecule has 186 valence electrons. The van der Waals surface area contributed by atoms with Gasteiger partial charge in [-0.3, -0.25) is 4.79 Å². The molecule has 0 spiro atoms. The van der Waals surface area contributed by atoms with E-state index in [2.05, 4.69) is 25.7 Å². The quantitative estimate of drug-likeness (QED) is 0.514. The predicted molar refractivity (Wildman–Crippen MR) is 136 cm³/mol. The second-order valence-corrected chi connectivity index (χ2v) is 11.9. The number of sulfone groups is 1. The zero-order chi connectivity index (χ0) is 25.2. The van der Waals surface area contributed by atoms with Crippen molar-refractivity contribution in [2.24, 2.45) is 0 Å². The Hall–Kier alpha value is -2.82. The van der Waals surface area contributed by atoms with Crippen LogP contribution in [-0.2, 0) is 9.84 Å². The minimum atomic E-state index is -3.01. The van der Waals surface area contributed by atoms with Crippen LogP contribution in [0.4, 0.5) is 0 Å². The number of hydrogen-bond acceptors (Lipinski definition) is 7. The summed E-state index contributed by atoms with van der Waals surface area (Å²) in [6, 6.07) is 11.1. The van der Waals surface area contributed by atoms with Crippen molar-refractivity contribution in [1.29, 1.82) is 0 Å². The molecule has 1 aliphatic rings. The monoisotopic (exact) mass is 516 g/mol. The van der Waals surface area contributed by atoms with E-state index in [1.165, 1.54) is 17.3 Å². The lowest BCUT2D eigenvalue weighted by Gasteiger charge is -2.32. The zero-order valence-corrected chi connectivity index (χ0v) is 21.6. The Balaban J connectivity index is 1.51. The van der Waals surface area contributed by atoms with Gasteiger partial charge in [-0.25, -0.2) is 13.1 Å². The number of tetrazole rings is 1. The van der Waals surface area contributed by atoms with E-state index in [1.807, 2.05) is 44.2 Å². The Morgan fingerprint density at radius 3 is 2.57 bits per heavy atom. The van der Waals surface area contributed by atoms with Gasteiger partial charge < -0.3 is 10.2 Å². The maximum atomic E-state index is 13.2. The molecule has 0 bridgehead atoms. The third kappa shape index (κ3) is 6.25. The predicted octanol–water partition coefficient (Wildman–Crippen LogP) is 2.92. The molecule has 0 aliphatic carbocycles. The molecule has 1 saturated heterocycles. The molecule has 2 aromatic carbocycles. The SMILES string of the molecule is Cc1ccc(-c2cc(C(=O)N[C@H](C)CN3CCC(S(C)(=O)=O)CC3)cc(-n3cnnn3)c2)c(Cl)c1. The number of aryl methyl sites for hydroxylation is 1. The van der Waals surface area contributed by atoms with E-state index in [0.717, 1.165) is 16.7 Å². The van der Waals surface area contributed by atoms with Crippen molar-refractivity contribution in [2.45, 2.75) is 38.0 Å². The molecule has 1 atom stereocenters. The number of likely N-dealkylation sites (tertiary alicyclic amines) is 1. The van der Waals surface area contributed by atoms with E-state index in [9.17, 15) is 13.2 Å². The highest BCUT2D eigenvalue weighted by atomic mass is 35.5. The first kappa shape index (κ1) is 25.3. The van der Waals surface area contributed by atoms with Crippen LogP contribution in [0, 0.1) is 6.92 Å². The molecule has 2 heterocycles. The summed E-state index contributed by atoms with van der Waals surface area (Å²) in [5.41, 5.74) is 3.74. The number of piperidine rings is 1. The lowest BCUT2D eigenvalue weighted by Crippen LogP contribution is -2.46. The van der Waals surface area contributed by atoms with Crippen LogP contribution in [0.3, 0.4) is 0 Å². The highest BCUT2D eigenvalue weighted by Crippen LogP contribution is 2.31. The van der Waals surface area contributed by atoms with Gasteiger partial charge in [0.05, 0.1) is 10.9 Å². The molecule has 11 heteroatoms. The van der Waals surface area contributed by atoms with Crippen LogP contribution < -0.4 is 5.32 Å². The molecule has 1 aliphatic heterocycles. The fourth-order valence-corrected chi connectivity index (χ4v) is 5.84. The summed E-state index contributed by atoms with van der Waals surface area (Å²) in [6.07, 6.45) is 4.01. The van der Waals surface area contributed by atoms with E-state index in [0.29, 0.717) is 48.7 Å². The molecular formula is C24H29ClN6O3S. The van der Waals surface area contributed by atoms with Crippen LogP contribution in [0.25, 0.3) is 16.8 Å². The minimum Gasteiger partial charge on any atom is -0.348 e. The molecular weight excluding hydrogens is 488 g/mol. The van der Waals surface area contributed by atoms with Crippen molar-refractivity contribution < 1.29 is 13.2 Å². The van der Waals surface area contributed by atoms with Crippen LogP contribution in [0.1, 0.15) is 35.7 Å². The number of carbonyl (C=O) groups excluding carboxylic acids is 1. The Morgan fingerprint density at radius 1 is 1.20 bits per heavy atom. The van der Waals surface area contributed by atoms with Gasteiger partial charge >= 0.3 is 0 Å². The molecule has 4 rings (SSSR count). The Morgan fingerprint density at radius 2 is 1.94 bits per heavy atom. The molecule has 9 nitrogen and oxygen atoms in total. The number of aromatic nitrogens is 4. The number of amides is 1. The molecule has 1 aromatic heterocycles. The number of rotatable bonds is 7. The van der Waals surface area contributed by atoms with E-state index in [-0.39, 0.29) is 17.2 Å². The van der Waals surface area contributed by atoms with Crippen molar-refractivity contribution in [3.8, 4) is 16.8 Å². The van der Waals surface area contributed by atoms with Gasteiger partial charge in [-0.2, -0.15) is 0 Å². The Bertz CT molecular complexity index is 1300. The summed E-state index contributed by atoms with van der Waals surface area (Å²) >= 11 is 6.51. The summed E-state index contributed by atoms with van der Waals surface area (Å²) in [7, 11) is -3.01. The normalized spacial score (nSPS) is 16.2. The van der Waals surface area contributed by atoms with Crippen molar-refractivity contribution in [2.75, 3.05) is 25.9 Å². The van der Waals surface area contributed by atoms with Crippen LogP contribution >= 0.6 is 11.6 Å². The first-order valence-corrected chi connectivity index (χ1v) is 13.8. The van der Waals surface area contributed by atoms with Crippen LogP contribution in [0.15, 0.2) is 42.7 Å². The molecule has 35 heavy (non-hydrogen) atoms. The fourth-order valence-electron chi connectivity index (χ4n) is 4.42. The van der Waals surface area contributed by atoms with Gasteiger partial charge in [0.2, 0.25) is 0 Å². The molecule has 0 unspecified atom stereocenters. The van der Waals surface area contributed by atoms with Crippen molar-refractivity contribution in [3.63, 3.8) is 0 Å². The number of halogens is 1. The maximum Gasteiger partial charge on any atom is 0.251 e. The van der Waals surface area contributed by atoms with E-state index >= 15 is 0 Å². The second kappa shape index (κ2) is 10.4. The average molecular weight is 517 g/mol. The average Bonchev–Trinajstić information content (AvgIpc) is 3.33. The standard InChI is InChI=1S/C24H29ClN6O3S/c1-16-4-5-22(23(25)10-16)18-11-19(13-20(12-18)31-15-26-28-29-31)24(32)27-17(2)14-30-8-6-21(7-9-30)35(3,33)34/h4-5,10-13,15,17,21H,6-9,14H2,1-3H3,(H,27,32)/t17-/m1/s1. The molecule has 3 aromatic rings. The van der Waals surface area contributed by atoms with E-state index < -0.39 is 9.84 Å². The largest absolute Gasteiger partial charge is 0.348 e. The maximum absolute atomic E-state index is 13.2. The van der Waals surface area contributed by atoms with Crippen molar-refractivity contribution in [3.05, 3.63) is 58.9 Å². The van der Waals surface area contributed by atoms with Crippen molar-refractivity contribution in [1.82, 2.24) is 30.4 Å². The second-order valence-electron chi connectivity index (χ2n) is 9.21. The van der Waals surface area contributed by atoms with Crippen molar-refractivity contribution >= 4 is 27.3 Å². The van der Waals surface area contributed by atoms with Gasteiger partial charge in [0.1, 0.15) is 16.2 Å².